The van der Waals surface area contributed by atoms with Crippen LogP contribution in [0, 0.1) is 0 Å². The average Bonchev–Trinajstić information content (AvgIpc) is 2.89. The van der Waals surface area contributed by atoms with Crippen molar-refractivity contribution in [2.45, 2.75) is 31.2 Å². The number of fused-ring (bicyclic) bond motifs is 1. The molecule has 1 aromatic carbocycles. The molecule has 100 valence electrons. The maximum atomic E-state index is 6.48. The summed E-state index contributed by atoms with van der Waals surface area (Å²) in [5.41, 5.74) is 8.83. The molecular weight excluding hydrogens is 297 g/mol. The van der Waals surface area contributed by atoms with Crippen LogP contribution in [0.15, 0.2) is 29.6 Å². The Bertz CT molecular complexity index is 594. The molecule has 0 fully saturated rings. The lowest BCUT2D eigenvalue weighted by Gasteiger charge is -2.29. The van der Waals surface area contributed by atoms with Crippen molar-refractivity contribution < 1.29 is 0 Å². The summed E-state index contributed by atoms with van der Waals surface area (Å²) in [5.74, 6) is 0.353. The highest BCUT2D eigenvalue weighted by atomic mass is 35.5. The molecule has 2 N–H and O–H groups in total. The second kappa shape index (κ2) is 5.45. The molecule has 0 saturated carbocycles. The predicted molar refractivity (Wildman–Crippen MR) is 83.4 cm³/mol. The lowest BCUT2D eigenvalue weighted by molar-refractivity contribution is 0.479. The summed E-state index contributed by atoms with van der Waals surface area (Å²) in [5, 5.41) is 3.56. The van der Waals surface area contributed by atoms with E-state index in [4.69, 9.17) is 28.9 Å². The Morgan fingerprint density at radius 2 is 2.11 bits per heavy atom. The standard InChI is InChI=1S/C15H15Cl2NS/c16-9-4-5-13(17)12(8-9)15(18)11-2-1-3-14-10(11)6-7-19-14/h4-8,11,15H,1-3,18H2. The maximum absolute atomic E-state index is 6.48. The number of halogens is 2. The van der Waals surface area contributed by atoms with Crippen LogP contribution in [0.2, 0.25) is 10.0 Å². The summed E-state index contributed by atoms with van der Waals surface area (Å²) in [6.07, 6.45) is 3.50. The van der Waals surface area contributed by atoms with Gasteiger partial charge in [-0.05, 0) is 60.0 Å². The van der Waals surface area contributed by atoms with E-state index in [0.29, 0.717) is 16.0 Å². The van der Waals surface area contributed by atoms with Gasteiger partial charge in [-0.2, -0.15) is 0 Å². The predicted octanol–water partition coefficient (Wildman–Crippen LogP) is 5.17. The van der Waals surface area contributed by atoms with Crippen molar-refractivity contribution in [3.05, 3.63) is 55.7 Å². The molecule has 1 aliphatic rings. The number of thiophene rings is 1. The van der Waals surface area contributed by atoms with E-state index in [1.807, 2.05) is 23.5 Å². The molecule has 1 aromatic heterocycles. The molecule has 2 unspecified atom stereocenters. The third-order valence-electron chi connectivity index (χ3n) is 3.85. The molecule has 0 saturated heterocycles. The van der Waals surface area contributed by atoms with Gasteiger partial charge in [0.1, 0.15) is 0 Å². The molecule has 2 aromatic rings. The first kappa shape index (κ1) is 13.4. The Balaban J connectivity index is 1.97. The molecular formula is C15H15Cl2NS. The SMILES string of the molecule is NC(c1cc(Cl)ccc1Cl)C1CCCc2sccc21. The molecule has 1 heterocycles. The Hall–Kier alpha value is -0.540. The van der Waals surface area contributed by atoms with Gasteiger partial charge in [0.05, 0.1) is 0 Å². The third kappa shape index (κ3) is 2.55. The van der Waals surface area contributed by atoms with E-state index in [0.717, 1.165) is 12.0 Å². The maximum Gasteiger partial charge on any atom is 0.0454 e. The summed E-state index contributed by atoms with van der Waals surface area (Å²) in [6.45, 7) is 0. The van der Waals surface area contributed by atoms with E-state index in [1.54, 1.807) is 6.07 Å². The van der Waals surface area contributed by atoms with Crippen LogP contribution in [0.25, 0.3) is 0 Å². The molecule has 0 aliphatic heterocycles. The largest absolute Gasteiger partial charge is 0.323 e. The molecule has 1 aliphatic carbocycles. The fourth-order valence-corrected chi connectivity index (χ4v) is 4.30. The van der Waals surface area contributed by atoms with Gasteiger partial charge in [0.25, 0.3) is 0 Å². The van der Waals surface area contributed by atoms with Gasteiger partial charge in [0.15, 0.2) is 0 Å². The molecule has 1 nitrogen and oxygen atoms in total. The average molecular weight is 312 g/mol. The zero-order valence-electron chi connectivity index (χ0n) is 10.4. The highest BCUT2D eigenvalue weighted by molar-refractivity contribution is 7.10. The lowest BCUT2D eigenvalue weighted by Crippen LogP contribution is -2.23. The molecule has 0 radical (unpaired) electrons. The summed E-state index contributed by atoms with van der Waals surface area (Å²) in [4.78, 5) is 1.48. The number of hydrogen-bond donors (Lipinski definition) is 1. The Labute approximate surface area is 127 Å². The van der Waals surface area contributed by atoms with Gasteiger partial charge in [0.2, 0.25) is 0 Å². The van der Waals surface area contributed by atoms with E-state index in [1.165, 1.54) is 23.3 Å². The quantitative estimate of drug-likeness (QED) is 0.813. The first-order valence-electron chi connectivity index (χ1n) is 6.43. The number of nitrogens with two attached hydrogens (primary N) is 1. The van der Waals surface area contributed by atoms with Crippen molar-refractivity contribution in [2.75, 3.05) is 0 Å². The Morgan fingerprint density at radius 3 is 2.95 bits per heavy atom. The van der Waals surface area contributed by atoms with Crippen LogP contribution in [0.4, 0.5) is 0 Å². The third-order valence-corrected chi connectivity index (χ3v) is 5.42. The molecule has 0 bridgehead atoms. The van der Waals surface area contributed by atoms with E-state index in [2.05, 4.69) is 11.4 Å². The lowest BCUT2D eigenvalue weighted by atomic mass is 9.80. The van der Waals surface area contributed by atoms with Crippen LogP contribution < -0.4 is 5.73 Å². The van der Waals surface area contributed by atoms with E-state index in [9.17, 15) is 0 Å². The zero-order chi connectivity index (χ0) is 13.4. The minimum atomic E-state index is -0.0835. The molecule has 4 heteroatoms. The van der Waals surface area contributed by atoms with Gasteiger partial charge in [-0.15, -0.1) is 11.3 Å². The van der Waals surface area contributed by atoms with Crippen LogP contribution in [0.1, 0.15) is 40.8 Å². The highest BCUT2D eigenvalue weighted by Gasteiger charge is 2.28. The monoisotopic (exact) mass is 311 g/mol. The number of aryl methyl sites for hydroxylation is 1. The highest BCUT2D eigenvalue weighted by Crippen LogP contribution is 2.42. The van der Waals surface area contributed by atoms with Gasteiger partial charge in [-0.1, -0.05) is 23.2 Å². The van der Waals surface area contributed by atoms with Crippen molar-refractivity contribution in [1.82, 2.24) is 0 Å². The van der Waals surface area contributed by atoms with Gasteiger partial charge in [-0.25, -0.2) is 0 Å². The van der Waals surface area contributed by atoms with Crippen molar-refractivity contribution in [2.24, 2.45) is 5.73 Å². The van der Waals surface area contributed by atoms with Crippen molar-refractivity contribution in [1.29, 1.82) is 0 Å². The normalized spacial score (nSPS) is 20.1. The van der Waals surface area contributed by atoms with Crippen LogP contribution >= 0.6 is 34.5 Å². The van der Waals surface area contributed by atoms with Gasteiger partial charge in [-0.3, -0.25) is 0 Å². The van der Waals surface area contributed by atoms with E-state index < -0.39 is 0 Å². The first-order valence-corrected chi connectivity index (χ1v) is 8.07. The van der Waals surface area contributed by atoms with Gasteiger partial charge < -0.3 is 5.73 Å². The summed E-state index contributed by atoms with van der Waals surface area (Å²) in [7, 11) is 0. The number of rotatable bonds is 2. The van der Waals surface area contributed by atoms with Crippen molar-refractivity contribution in [3.8, 4) is 0 Å². The second-order valence-electron chi connectivity index (χ2n) is 4.99. The Kier molecular flexibility index (Phi) is 3.86. The first-order chi connectivity index (χ1) is 9.16. The molecule has 0 spiro atoms. The number of hydrogen-bond acceptors (Lipinski definition) is 2. The molecule has 2 atom stereocenters. The minimum Gasteiger partial charge on any atom is -0.323 e. The second-order valence-corrected chi connectivity index (χ2v) is 6.83. The summed E-state index contributed by atoms with van der Waals surface area (Å²) >= 11 is 14.2. The van der Waals surface area contributed by atoms with Gasteiger partial charge >= 0.3 is 0 Å². The fourth-order valence-electron chi connectivity index (χ4n) is 2.88. The molecule has 19 heavy (non-hydrogen) atoms. The topological polar surface area (TPSA) is 26.0 Å². The van der Waals surface area contributed by atoms with Crippen LogP contribution in [0.5, 0.6) is 0 Å². The van der Waals surface area contributed by atoms with E-state index in [-0.39, 0.29) is 6.04 Å². The Morgan fingerprint density at radius 1 is 1.26 bits per heavy atom. The van der Waals surface area contributed by atoms with E-state index >= 15 is 0 Å². The fraction of sp³-hybridized carbons (Fsp3) is 0.333. The van der Waals surface area contributed by atoms with Crippen LogP contribution in [-0.4, -0.2) is 0 Å². The minimum absolute atomic E-state index is 0.0835. The zero-order valence-corrected chi connectivity index (χ0v) is 12.7. The summed E-state index contributed by atoms with van der Waals surface area (Å²) < 4.78 is 0. The number of benzene rings is 1. The molecule has 0 amide bonds. The summed E-state index contributed by atoms with van der Waals surface area (Å²) in [6, 6.07) is 7.66. The van der Waals surface area contributed by atoms with Gasteiger partial charge in [0, 0.05) is 26.9 Å². The van der Waals surface area contributed by atoms with Crippen molar-refractivity contribution >= 4 is 34.5 Å². The molecule has 3 rings (SSSR count). The van der Waals surface area contributed by atoms with Crippen molar-refractivity contribution in [3.63, 3.8) is 0 Å². The van der Waals surface area contributed by atoms with Crippen LogP contribution in [-0.2, 0) is 6.42 Å². The van der Waals surface area contributed by atoms with Crippen LogP contribution in [0.3, 0.4) is 0 Å². The smallest absolute Gasteiger partial charge is 0.0454 e.